The van der Waals surface area contributed by atoms with E-state index < -0.39 is 0 Å². The molecule has 5 nitrogen and oxygen atoms in total. The number of piperidine rings is 1. The molecule has 1 aliphatic heterocycles. The van der Waals surface area contributed by atoms with E-state index >= 15 is 0 Å². The van der Waals surface area contributed by atoms with Crippen molar-refractivity contribution in [2.75, 3.05) is 32.0 Å². The lowest BCUT2D eigenvalue weighted by Crippen LogP contribution is -2.46. The fourth-order valence-electron chi connectivity index (χ4n) is 3.80. The van der Waals surface area contributed by atoms with Crippen molar-refractivity contribution in [3.05, 3.63) is 65.7 Å². The van der Waals surface area contributed by atoms with Crippen molar-refractivity contribution in [2.24, 2.45) is 0 Å². The minimum Gasteiger partial charge on any atom is -0.339 e. The summed E-state index contributed by atoms with van der Waals surface area (Å²) in [5, 5.41) is 2.82. The fourth-order valence-corrected chi connectivity index (χ4v) is 3.80. The lowest BCUT2D eigenvalue weighted by molar-refractivity contribution is -0.115. The first kappa shape index (κ1) is 23.9. The van der Waals surface area contributed by atoms with Crippen LogP contribution in [0.5, 0.6) is 0 Å². The number of hydrogen-bond donors (Lipinski definition) is 1. The van der Waals surface area contributed by atoms with Crippen molar-refractivity contribution in [1.82, 2.24) is 9.80 Å². The van der Waals surface area contributed by atoms with E-state index in [1.807, 2.05) is 36.1 Å². The highest BCUT2D eigenvalue weighted by Crippen LogP contribution is 2.19. The molecule has 1 N–H and O–H groups in total. The summed E-state index contributed by atoms with van der Waals surface area (Å²) in [6.07, 6.45) is 3.45. The zero-order chi connectivity index (χ0) is 20.6. The summed E-state index contributed by atoms with van der Waals surface area (Å²) in [5.41, 5.74) is 2.68. The highest BCUT2D eigenvalue weighted by molar-refractivity contribution is 5.97. The minimum atomic E-state index is -0.0473. The molecule has 3 rings (SSSR count). The molecule has 1 saturated heterocycles. The molecule has 0 atom stereocenters. The van der Waals surface area contributed by atoms with E-state index in [0.717, 1.165) is 38.9 Å². The van der Waals surface area contributed by atoms with Gasteiger partial charge in [0.15, 0.2) is 0 Å². The Balaban J connectivity index is 0.00000320. The van der Waals surface area contributed by atoms with Crippen LogP contribution in [0, 0.1) is 0 Å². The van der Waals surface area contributed by atoms with Gasteiger partial charge in [0.1, 0.15) is 0 Å². The van der Waals surface area contributed by atoms with Gasteiger partial charge in [0.2, 0.25) is 5.91 Å². The maximum absolute atomic E-state index is 12.9. The summed E-state index contributed by atoms with van der Waals surface area (Å²) < 4.78 is 0. The van der Waals surface area contributed by atoms with Crippen molar-refractivity contribution in [1.29, 1.82) is 0 Å². The largest absolute Gasteiger partial charge is 0.339 e. The summed E-state index contributed by atoms with van der Waals surface area (Å²) >= 11 is 0. The average molecular weight is 430 g/mol. The van der Waals surface area contributed by atoms with Crippen LogP contribution < -0.4 is 5.32 Å². The number of hydrogen-bond acceptors (Lipinski definition) is 3. The van der Waals surface area contributed by atoms with Crippen LogP contribution >= 0.6 is 12.4 Å². The predicted octanol–water partition coefficient (Wildman–Crippen LogP) is 4.24. The van der Waals surface area contributed by atoms with E-state index in [9.17, 15) is 9.59 Å². The molecule has 162 valence electrons. The van der Waals surface area contributed by atoms with Gasteiger partial charge >= 0.3 is 0 Å². The van der Waals surface area contributed by atoms with Gasteiger partial charge in [0, 0.05) is 43.3 Å². The smallest absolute Gasteiger partial charge is 0.253 e. The molecule has 0 aromatic heterocycles. The van der Waals surface area contributed by atoms with Gasteiger partial charge in [-0.3, -0.25) is 9.59 Å². The molecule has 0 saturated carbocycles. The highest BCUT2D eigenvalue weighted by atomic mass is 35.5. The first-order valence-corrected chi connectivity index (χ1v) is 10.5. The van der Waals surface area contributed by atoms with Gasteiger partial charge in [-0.1, -0.05) is 43.3 Å². The molecule has 1 heterocycles. The number of carbonyl (C=O) groups excluding carboxylic acids is 2. The number of halogens is 1. The summed E-state index contributed by atoms with van der Waals surface area (Å²) in [7, 11) is 2.19. The molecule has 0 radical (unpaired) electrons. The Hall–Kier alpha value is -2.37. The van der Waals surface area contributed by atoms with E-state index in [0.29, 0.717) is 23.7 Å². The normalized spacial score (nSPS) is 14.3. The van der Waals surface area contributed by atoms with Crippen LogP contribution in [0.25, 0.3) is 0 Å². The highest BCUT2D eigenvalue weighted by Gasteiger charge is 2.25. The first-order chi connectivity index (χ1) is 14.1. The second-order valence-electron chi connectivity index (χ2n) is 7.72. The van der Waals surface area contributed by atoms with Gasteiger partial charge in [-0.05, 0) is 50.1 Å². The number of benzene rings is 2. The van der Waals surface area contributed by atoms with Gasteiger partial charge < -0.3 is 15.1 Å². The van der Waals surface area contributed by atoms with E-state index in [1.54, 1.807) is 6.07 Å². The van der Waals surface area contributed by atoms with Crippen molar-refractivity contribution in [3.8, 4) is 0 Å². The lowest BCUT2D eigenvalue weighted by atomic mass is 10.0. The van der Waals surface area contributed by atoms with Crippen molar-refractivity contribution < 1.29 is 9.59 Å². The number of carbonyl (C=O) groups is 2. The SMILES string of the molecule is CCC(=O)Nc1cccc(C(=O)N2CCC(N(C)CCc3ccccc3)CC2)c1.Cl. The average Bonchev–Trinajstić information content (AvgIpc) is 2.78. The number of anilines is 1. The van der Waals surface area contributed by atoms with Crippen LogP contribution in [0.3, 0.4) is 0 Å². The Morgan fingerprint density at radius 2 is 1.77 bits per heavy atom. The van der Waals surface area contributed by atoms with Gasteiger partial charge in [-0.25, -0.2) is 0 Å². The standard InChI is InChI=1S/C24H31N3O2.ClH/c1-3-23(28)25-21-11-7-10-20(18-21)24(29)27-16-13-22(14-17-27)26(2)15-12-19-8-5-4-6-9-19;/h4-11,18,22H,3,12-17H2,1-2H3,(H,25,28);1H. The number of nitrogens with zero attached hydrogens (tertiary/aromatic N) is 2. The van der Waals surface area contributed by atoms with E-state index in [2.05, 4.69) is 41.5 Å². The van der Waals surface area contributed by atoms with Crippen LogP contribution in [-0.2, 0) is 11.2 Å². The third kappa shape index (κ3) is 6.57. The molecule has 1 fully saturated rings. The molecular formula is C24H32ClN3O2. The van der Waals surface area contributed by atoms with Crippen LogP contribution in [0.15, 0.2) is 54.6 Å². The van der Waals surface area contributed by atoms with Crippen LogP contribution in [-0.4, -0.2) is 54.3 Å². The maximum Gasteiger partial charge on any atom is 0.253 e. The van der Waals surface area contributed by atoms with Crippen molar-refractivity contribution in [3.63, 3.8) is 0 Å². The molecular weight excluding hydrogens is 398 g/mol. The molecule has 0 unspecified atom stereocenters. The molecule has 0 spiro atoms. The van der Waals surface area contributed by atoms with E-state index in [-0.39, 0.29) is 24.2 Å². The molecule has 30 heavy (non-hydrogen) atoms. The van der Waals surface area contributed by atoms with Gasteiger partial charge in [-0.2, -0.15) is 0 Å². The topological polar surface area (TPSA) is 52.7 Å². The third-order valence-corrected chi connectivity index (χ3v) is 5.69. The summed E-state index contributed by atoms with van der Waals surface area (Å²) in [5.74, 6) is -0.00283. The minimum absolute atomic E-state index is 0. The summed E-state index contributed by atoms with van der Waals surface area (Å²) in [6.45, 7) is 4.38. The van der Waals surface area contributed by atoms with Crippen LogP contribution in [0.4, 0.5) is 5.69 Å². The second kappa shape index (κ2) is 11.7. The third-order valence-electron chi connectivity index (χ3n) is 5.69. The Bertz CT molecular complexity index is 820. The number of rotatable bonds is 7. The Labute approximate surface area is 185 Å². The van der Waals surface area contributed by atoms with Gasteiger partial charge in [0.05, 0.1) is 0 Å². The molecule has 0 aliphatic carbocycles. The van der Waals surface area contributed by atoms with Gasteiger partial charge in [-0.15, -0.1) is 12.4 Å². The quantitative estimate of drug-likeness (QED) is 0.716. The number of nitrogens with one attached hydrogen (secondary N) is 1. The molecule has 2 aromatic carbocycles. The fraction of sp³-hybridized carbons (Fsp3) is 0.417. The Morgan fingerprint density at radius 1 is 1.07 bits per heavy atom. The molecule has 1 aliphatic rings. The van der Waals surface area contributed by atoms with Gasteiger partial charge in [0.25, 0.3) is 5.91 Å². The summed E-state index contributed by atoms with van der Waals surface area (Å²) in [4.78, 5) is 28.8. The van der Waals surface area contributed by atoms with Crippen LogP contribution in [0.1, 0.15) is 42.1 Å². The van der Waals surface area contributed by atoms with Crippen LogP contribution in [0.2, 0.25) is 0 Å². The van der Waals surface area contributed by atoms with Crippen molar-refractivity contribution >= 4 is 29.9 Å². The molecule has 2 amide bonds. The predicted molar refractivity (Wildman–Crippen MR) is 124 cm³/mol. The zero-order valence-corrected chi connectivity index (χ0v) is 18.7. The Kier molecular flexibility index (Phi) is 9.34. The monoisotopic (exact) mass is 429 g/mol. The molecule has 6 heteroatoms. The maximum atomic E-state index is 12.9. The first-order valence-electron chi connectivity index (χ1n) is 10.5. The number of likely N-dealkylation sites (tertiary alicyclic amines) is 1. The summed E-state index contributed by atoms with van der Waals surface area (Å²) in [6, 6.07) is 18.3. The Morgan fingerprint density at radius 3 is 2.43 bits per heavy atom. The lowest BCUT2D eigenvalue weighted by Gasteiger charge is -2.37. The van der Waals surface area contributed by atoms with Crippen molar-refractivity contribution in [2.45, 2.75) is 38.6 Å². The zero-order valence-electron chi connectivity index (χ0n) is 17.8. The molecule has 2 aromatic rings. The number of likely N-dealkylation sites (N-methyl/N-ethyl adjacent to an activating group) is 1. The second-order valence-corrected chi connectivity index (χ2v) is 7.72. The van der Waals surface area contributed by atoms with E-state index in [1.165, 1.54) is 5.56 Å². The number of amides is 2. The van der Waals surface area contributed by atoms with E-state index in [4.69, 9.17) is 0 Å². The molecule has 0 bridgehead atoms.